The van der Waals surface area contributed by atoms with Crippen LogP contribution in [0.3, 0.4) is 0 Å². The summed E-state index contributed by atoms with van der Waals surface area (Å²) in [6, 6.07) is -1.38. The molecule has 0 spiro atoms. The molecule has 20 heavy (non-hydrogen) atoms. The number of aryl methyl sites for hydroxylation is 1. The van der Waals surface area contributed by atoms with Crippen molar-refractivity contribution in [3.63, 3.8) is 0 Å². The molecule has 0 aliphatic carbocycles. The molecule has 7 heteroatoms. The molecule has 0 bridgehead atoms. The fourth-order valence-corrected chi connectivity index (χ4v) is 1.56. The summed E-state index contributed by atoms with van der Waals surface area (Å²) in [6.45, 7) is 4.00. The van der Waals surface area contributed by atoms with Crippen LogP contribution in [0.4, 0.5) is 4.79 Å². The molecule has 0 aromatic carbocycles. The van der Waals surface area contributed by atoms with Gasteiger partial charge in [0.25, 0.3) is 0 Å². The van der Waals surface area contributed by atoms with E-state index in [1.165, 1.54) is 0 Å². The number of amides is 2. The maximum absolute atomic E-state index is 11.6. The van der Waals surface area contributed by atoms with Crippen molar-refractivity contribution in [3.8, 4) is 0 Å². The minimum Gasteiger partial charge on any atom is -0.480 e. The lowest BCUT2D eigenvalue weighted by Crippen LogP contribution is -2.45. The number of unbranched alkanes of at least 4 members (excludes halogenated alkanes) is 1. The molecule has 3 N–H and O–H groups in total. The van der Waals surface area contributed by atoms with Crippen molar-refractivity contribution < 1.29 is 14.7 Å². The van der Waals surface area contributed by atoms with Gasteiger partial charge in [-0.15, -0.1) is 0 Å². The van der Waals surface area contributed by atoms with E-state index in [4.69, 9.17) is 5.11 Å². The standard InChI is InChI=1S/C13H20N4O3/c1-3-4-5-11(12(18)19)17-13(20)16-8-10-7-14-9(2)6-15-10/h6-7,11H,3-5,8H2,1-2H3,(H,18,19)(H2,16,17,20). The van der Waals surface area contributed by atoms with Crippen LogP contribution in [0.15, 0.2) is 12.4 Å². The third-order valence-corrected chi connectivity index (χ3v) is 2.71. The molecule has 1 rings (SSSR count). The van der Waals surface area contributed by atoms with Gasteiger partial charge in [-0.05, 0) is 13.3 Å². The van der Waals surface area contributed by atoms with Gasteiger partial charge in [-0.2, -0.15) is 0 Å². The summed E-state index contributed by atoms with van der Waals surface area (Å²) in [5.74, 6) is -1.02. The molecule has 1 aromatic heterocycles. The zero-order valence-corrected chi connectivity index (χ0v) is 11.7. The van der Waals surface area contributed by atoms with Gasteiger partial charge in [0, 0.05) is 6.20 Å². The second-order valence-electron chi connectivity index (χ2n) is 4.51. The molecule has 0 aliphatic heterocycles. The number of rotatable bonds is 7. The first-order chi connectivity index (χ1) is 9.52. The molecule has 7 nitrogen and oxygen atoms in total. The number of aromatic nitrogens is 2. The zero-order valence-electron chi connectivity index (χ0n) is 11.7. The fraction of sp³-hybridized carbons (Fsp3) is 0.538. The Bertz CT molecular complexity index is 447. The van der Waals surface area contributed by atoms with Crippen molar-refractivity contribution >= 4 is 12.0 Å². The summed E-state index contributed by atoms with van der Waals surface area (Å²) in [5, 5.41) is 14.0. The Hall–Kier alpha value is -2.18. The van der Waals surface area contributed by atoms with Gasteiger partial charge < -0.3 is 15.7 Å². The zero-order chi connectivity index (χ0) is 15.0. The number of carboxylic acid groups (broad SMARTS) is 1. The SMILES string of the molecule is CCCCC(NC(=O)NCc1cnc(C)cn1)C(=O)O. The van der Waals surface area contributed by atoms with Crippen LogP contribution in [0.5, 0.6) is 0 Å². The highest BCUT2D eigenvalue weighted by Gasteiger charge is 2.18. The smallest absolute Gasteiger partial charge is 0.326 e. The third-order valence-electron chi connectivity index (χ3n) is 2.71. The van der Waals surface area contributed by atoms with Gasteiger partial charge in [0.05, 0.1) is 24.1 Å². The topological polar surface area (TPSA) is 104 Å². The van der Waals surface area contributed by atoms with E-state index in [9.17, 15) is 9.59 Å². The predicted octanol–water partition coefficient (Wildman–Crippen LogP) is 1.23. The van der Waals surface area contributed by atoms with Crippen molar-refractivity contribution in [1.82, 2.24) is 20.6 Å². The number of nitrogens with zero attached hydrogens (tertiary/aromatic N) is 2. The predicted molar refractivity (Wildman–Crippen MR) is 73.1 cm³/mol. The van der Waals surface area contributed by atoms with Crippen LogP contribution in [-0.2, 0) is 11.3 Å². The molecule has 1 atom stereocenters. The van der Waals surface area contributed by atoms with Crippen LogP contribution >= 0.6 is 0 Å². The van der Waals surface area contributed by atoms with Crippen LogP contribution in [0.2, 0.25) is 0 Å². The summed E-state index contributed by atoms with van der Waals surface area (Å²) in [5.41, 5.74) is 1.41. The third kappa shape index (κ3) is 5.64. The van der Waals surface area contributed by atoms with E-state index in [2.05, 4.69) is 20.6 Å². The Labute approximate surface area is 117 Å². The lowest BCUT2D eigenvalue weighted by atomic mass is 10.1. The lowest BCUT2D eigenvalue weighted by Gasteiger charge is -2.14. The minimum absolute atomic E-state index is 0.208. The maximum atomic E-state index is 11.6. The summed E-state index contributed by atoms with van der Waals surface area (Å²) < 4.78 is 0. The number of carbonyl (C=O) groups excluding carboxylic acids is 1. The number of hydrogen-bond acceptors (Lipinski definition) is 4. The summed E-state index contributed by atoms with van der Waals surface area (Å²) in [6.07, 6.45) is 5.23. The molecule has 1 aromatic rings. The van der Waals surface area contributed by atoms with E-state index < -0.39 is 18.0 Å². The van der Waals surface area contributed by atoms with Crippen molar-refractivity contribution in [3.05, 3.63) is 23.8 Å². The van der Waals surface area contributed by atoms with E-state index in [0.29, 0.717) is 12.1 Å². The first-order valence-corrected chi connectivity index (χ1v) is 6.57. The summed E-state index contributed by atoms with van der Waals surface area (Å²) in [7, 11) is 0. The van der Waals surface area contributed by atoms with Gasteiger partial charge in [-0.1, -0.05) is 19.8 Å². The highest BCUT2D eigenvalue weighted by Crippen LogP contribution is 2.01. The van der Waals surface area contributed by atoms with Gasteiger partial charge in [0.2, 0.25) is 0 Å². The number of aliphatic carboxylic acids is 1. The molecular weight excluding hydrogens is 260 g/mol. The average molecular weight is 280 g/mol. The van der Waals surface area contributed by atoms with Crippen molar-refractivity contribution in [2.45, 2.75) is 45.7 Å². The van der Waals surface area contributed by atoms with Gasteiger partial charge in [0.1, 0.15) is 6.04 Å². The van der Waals surface area contributed by atoms with Crippen molar-refractivity contribution in [2.24, 2.45) is 0 Å². The Morgan fingerprint density at radius 1 is 1.35 bits per heavy atom. The number of carboxylic acids is 1. The van der Waals surface area contributed by atoms with E-state index in [-0.39, 0.29) is 6.54 Å². The van der Waals surface area contributed by atoms with Gasteiger partial charge >= 0.3 is 12.0 Å². The van der Waals surface area contributed by atoms with Gasteiger partial charge in [-0.25, -0.2) is 9.59 Å². The Morgan fingerprint density at radius 3 is 2.65 bits per heavy atom. The molecule has 0 fully saturated rings. The monoisotopic (exact) mass is 280 g/mol. The Balaban J connectivity index is 2.41. The minimum atomic E-state index is -1.02. The molecule has 1 unspecified atom stereocenters. The van der Waals surface area contributed by atoms with E-state index in [0.717, 1.165) is 18.5 Å². The van der Waals surface area contributed by atoms with Gasteiger partial charge in [0.15, 0.2) is 0 Å². The average Bonchev–Trinajstić information content (AvgIpc) is 2.42. The number of urea groups is 1. The number of nitrogens with one attached hydrogen (secondary N) is 2. The van der Waals surface area contributed by atoms with Crippen molar-refractivity contribution in [1.29, 1.82) is 0 Å². The van der Waals surface area contributed by atoms with E-state index >= 15 is 0 Å². The van der Waals surface area contributed by atoms with Crippen LogP contribution in [0.1, 0.15) is 37.6 Å². The van der Waals surface area contributed by atoms with Crippen LogP contribution in [-0.4, -0.2) is 33.1 Å². The Kier molecular flexibility index (Phi) is 6.42. The van der Waals surface area contributed by atoms with Crippen LogP contribution in [0, 0.1) is 6.92 Å². The van der Waals surface area contributed by atoms with Crippen LogP contribution < -0.4 is 10.6 Å². The van der Waals surface area contributed by atoms with E-state index in [1.807, 2.05) is 13.8 Å². The fourth-order valence-electron chi connectivity index (χ4n) is 1.56. The second kappa shape index (κ2) is 8.08. The first-order valence-electron chi connectivity index (χ1n) is 6.57. The lowest BCUT2D eigenvalue weighted by molar-refractivity contribution is -0.139. The summed E-state index contributed by atoms with van der Waals surface area (Å²) >= 11 is 0. The molecule has 0 radical (unpaired) electrons. The number of hydrogen-bond donors (Lipinski definition) is 3. The van der Waals surface area contributed by atoms with Gasteiger partial charge in [-0.3, -0.25) is 9.97 Å². The molecule has 2 amide bonds. The molecular formula is C13H20N4O3. The molecule has 0 saturated heterocycles. The highest BCUT2D eigenvalue weighted by molar-refractivity contribution is 5.82. The molecule has 0 aliphatic rings. The number of carbonyl (C=O) groups is 2. The normalized spacial score (nSPS) is 11.7. The Morgan fingerprint density at radius 2 is 2.10 bits per heavy atom. The molecule has 110 valence electrons. The second-order valence-corrected chi connectivity index (χ2v) is 4.51. The highest BCUT2D eigenvalue weighted by atomic mass is 16.4. The quantitative estimate of drug-likeness (QED) is 0.696. The maximum Gasteiger partial charge on any atom is 0.326 e. The first kappa shape index (κ1) is 15.9. The van der Waals surface area contributed by atoms with Crippen molar-refractivity contribution in [2.75, 3.05) is 0 Å². The molecule has 1 heterocycles. The molecule has 0 saturated carbocycles. The van der Waals surface area contributed by atoms with E-state index in [1.54, 1.807) is 12.4 Å². The largest absolute Gasteiger partial charge is 0.480 e. The summed E-state index contributed by atoms with van der Waals surface area (Å²) in [4.78, 5) is 30.8. The van der Waals surface area contributed by atoms with Crippen LogP contribution in [0.25, 0.3) is 0 Å².